The van der Waals surface area contributed by atoms with E-state index in [1.807, 2.05) is 0 Å². The summed E-state index contributed by atoms with van der Waals surface area (Å²) in [6.45, 7) is 1.98. The number of primary amides is 1. The van der Waals surface area contributed by atoms with Crippen molar-refractivity contribution in [1.29, 1.82) is 0 Å². The highest BCUT2D eigenvalue weighted by atomic mass is 35.5. The molecule has 37 heteroatoms. The van der Waals surface area contributed by atoms with Gasteiger partial charge in [-0.25, -0.2) is 4.79 Å². The predicted octanol–water partition coefficient (Wildman–Crippen LogP) is 3.68. The molecule has 6 aromatic rings. The molecule has 114 heavy (non-hydrogen) atoms. The first-order valence-electron chi connectivity index (χ1n) is 36.6. The molecule has 4 saturated carbocycles. The first-order valence-corrected chi connectivity index (χ1v) is 37.3. The van der Waals surface area contributed by atoms with Crippen LogP contribution in [0.25, 0.3) is 11.1 Å². The fourth-order valence-corrected chi connectivity index (χ4v) is 16.7. The van der Waals surface area contributed by atoms with Crippen molar-refractivity contribution in [3.05, 3.63) is 157 Å². The number of aliphatic hydroxyl groups excluding tert-OH is 6. The van der Waals surface area contributed by atoms with Crippen LogP contribution in [0.5, 0.6) is 46.0 Å². The maximum atomic E-state index is 16.2. The van der Waals surface area contributed by atoms with Gasteiger partial charge in [-0.05, 0) is 168 Å². The van der Waals surface area contributed by atoms with Crippen molar-refractivity contribution in [2.75, 3.05) is 13.7 Å². The molecule has 35 nitrogen and oxygen atoms in total. The van der Waals surface area contributed by atoms with Crippen LogP contribution < -0.4 is 57.2 Å². The number of nitro groups is 1. The van der Waals surface area contributed by atoms with Crippen molar-refractivity contribution >= 4 is 82.2 Å². The van der Waals surface area contributed by atoms with Crippen LogP contribution in [0.15, 0.2) is 103 Å². The van der Waals surface area contributed by atoms with Crippen LogP contribution in [0.1, 0.15) is 123 Å². The zero-order chi connectivity index (χ0) is 81.7. The predicted molar refractivity (Wildman–Crippen MR) is 396 cm³/mol. The molecule has 0 radical (unpaired) electrons. The second-order valence-corrected chi connectivity index (χ2v) is 30.9. The van der Waals surface area contributed by atoms with E-state index < -0.39 is 219 Å². The van der Waals surface area contributed by atoms with E-state index in [1.54, 1.807) is 13.8 Å². The molecule has 16 rings (SSSR count). The lowest BCUT2D eigenvalue weighted by Crippen LogP contribution is -2.60. The molecule has 6 aliphatic heterocycles. The maximum Gasteiger partial charge on any atom is 0.410 e. The number of nitrogens with two attached hydrogens (primary N) is 1. The number of phenolic OH excluding ortho intramolecular Hbond substituents is 3. The molecule has 0 spiro atoms. The number of nitrogens with one attached hydrogen (secondary N) is 7. The molecular formula is C77H82Cl2N10O25. The second kappa shape index (κ2) is 33.1. The van der Waals surface area contributed by atoms with Crippen LogP contribution >= 0.6 is 23.2 Å². The minimum absolute atomic E-state index is 0.0610. The molecule has 6 aromatic carbocycles. The number of carbonyl (C=O) groups excluding carboxylic acids is 9. The van der Waals surface area contributed by atoms with Crippen molar-refractivity contribution in [2.45, 2.75) is 157 Å². The smallest absolute Gasteiger partial charge is 0.410 e. The summed E-state index contributed by atoms with van der Waals surface area (Å²) in [5.74, 6) is -14.4. The quantitative estimate of drug-likeness (QED) is 0.0515. The Bertz CT molecular complexity index is 4800. The lowest BCUT2D eigenvalue weighted by molar-refractivity contribution is -0.384. The molecule has 15 bridgehead atoms. The molecule has 10 aliphatic rings. The number of non-ortho nitro benzene ring substituents is 1. The van der Waals surface area contributed by atoms with Gasteiger partial charge in [-0.2, -0.15) is 0 Å². The molecule has 4 aliphatic carbocycles. The van der Waals surface area contributed by atoms with E-state index in [0.29, 0.717) is 17.4 Å². The number of aliphatic hydroxyl groups is 6. The number of carbonyl (C=O) groups is 9. The number of ether oxygens (including phenoxy) is 5. The Balaban J connectivity index is 0.956. The van der Waals surface area contributed by atoms with Gasteiger partial charge in [0.05, 0.1) is 28.0 Å². The monoisotopic (exact) mass is 1620 g/mol. The van der Waals surface area contributed by atoms with E-state index in [0.717, 1.165) is 110 Å². The Hall–Kier alpha value is -11.1. The number of hydrogen-bond acceptors (Lipinski definition) is 25. The third-order valence-electron chi connectivity index (χ3n) is 21.8. The zero-order valence-corrected chi connectivity index (χ0v) is 62.5. The van der Waals surface area contributed by atoms with E-state index in [2.05, 4.69) is 37.2 Å². The molecule has 14 atom stereocenters. The van der Waals surface area contributed by atoms with Gasteiger partial charge in [0, 0.05) is 42.4 Å². The fourth-order valence-electron chi connectivity index (χ4n) is 16.3. The van der Waals surface area contributed by atoms with Crippen LogP contribution in [0.2, 0.25) is 10.0 Å². The van der Waals surface area contributed by atoms with Crippen LogP contribution in [0.4, 0.5) is 10.5 Å². The summed E-state index contributed by atoms with van der Waals surface area (Å²) in [5, 5.41) is 133. The Kier molecular flexibility index (Phi) is 23.5. The highest BCUT2D eigenvalue weighted by molar-refractivity contribution is 6.32. The number of fused-ring (bicyclic) bond motifs is 15. The molecule has 6 heterocycles. The van der Waals surface area contributed by atoms with Gasteiger partial charge < -0.3 is 113 Å². The number of benzene rings is 6. The van der Waals surface area contributed by atoms with Gasteiger partial charge in [0.2, 0.25) is 59.3 Å². The third-order valence-corrected chi connectivity index (χ3v) is 22.4. The third kappa shape index (κ3) is 16.8. The molecule has 1 saturated heterocycles. The summed E-state index contributed by atoms with van der Waals surface area (Å²) in [6, 6.07) is 3.97. The molecule has 18 N–H and O–H groups in total. The van der Waals surface area contributed by atoms with Gasteiger partial charge in [0.25, 0.3) is 5.69 Å². The molecule has 0 unspecified atom stereocenters. The number of amides is 9. The first-order chi connectivity index (χ1) is 54.2. The van der Waals surface area contributed by atoms with Crippen LogP contribution in [0.3, 0.4) is 0 Å². The Labute approximate surface area is 658 Å². The summed E-state index contributed by atoms with van der Waals surface area (Å²) >= 11 is 14.2. The van der Waals surface area contributed by atoms with Crippen molar-refractivity contribution in [2.24, 2.45) is 35.3 Å². The van der Waals surface area contributed by atoms with Crippen LogP contribution in [-0.2, 0) is 54.4 Å². The van der Waals surface area contributed by atoms with Gasteiger partial charge in [0.1, 0.15) is 114 Å². The van der Waals surface area contributed by atoms with Crippen molar-refractivity contribution in [3.8, 4) is 57.1 Å². The van der Waals surface area contributed by atoms with Crippen molar-refractivity contribution in [1.82, 2.24) is 42.1 Å². The van der Waals surface area contributed by atoms with Gasteiger partial charge in [-0.1, -0.05) is 55.2 Å². The van der Waals surface area contributed by atoms with Gasteiger partial charge in [-0.15, -0.1) is 0 Å². The molecule has 5 fully saturated rings. The van der Waals surface area contributed by atoms with Gasteiger partial charge in [-0.3, -0.25) is 53.4 Å². The van der Waals surface area contributed by atoms with E-state index >= 15 is 28.8 Å². The van der Waals surface area contributed by atoms with Crippen molar-refractivity contribution < 1.29 is 118 Å². The summed E-state index contributed by atoms with van der Waals surface area (Å²) in [5.41, 5.74) is 3.53. The Morgan fingerprint density at radius 3 is 1.85 bits per heavy atom. The minimum atomic E-state index is -2.38. The first kappa shape index (κ1) is 80.9. The number of rotatable bonds is 15. The largest absolute Gasteiger partial charge is 0.508 e. The van der Waals surface area contributed by atoms with Crippen LogP contribution in [-0.4, -0.2) is 184 Å². The number of hydrogen-bond donors (Lipinski definition) is 17. The lowest BCUT2D eigenvalue weighted by atomic mass is 9.54. The summed E-state index contributed by atoms with van der Waals surface area (Å²) in [7, 11) is 1.19. The zero-order valence-electron chi connectivity index (χ0n) is 61.0. The minimum Gasteiger partial charge on any atom is -0.508 e. The van der Waals surface area contributed by atoms with E-state index in [-0.39, 0.29) is 75.0 Å². The lowest BCUT2D eigenvalue weighted by Gasteiger charge is -2.54. The highest BCUT2D eigenvalue weighted by Crippen LogP contribution is 2.55. The summed E-state index contributed by atoms with van der Waals surface area (Å²) in [4.78, 5) is 147. The molecule has 0 aromatic heterocycles. The standard InChI is InChI=1S/C77H82Cl2N10O25/c1-30(2)14-47(88(3)77(107)110-29-31-4-9-40(10-5-31)89(108)109)70(101)86-61-63(95)35-7-12-50(44(78)21-35)111-52-23-39-24-53(68(52)114-76-67(99)66(98)65(97)54(28-90)113-76)112-51-13-8-36(22-45(51)79)64(96)62-75(106)85-60(73(104)82-57-37-16-32-15-33(18-37)19-38(57)17-32)43-25-41(91)26-49(93)56(43)42-20-34(6-11-48(42)92)58(71(102)87-62)84-72(103)59(39)83-69(100)46(27-55(80)94)81-74(61)105/h4-13,20-26,30,32-33,37-38,46-47,54,57-67,76,90-93,95-99H,14-19,27-29H2,1-3H3,(H2,80,94)(H,81,105)(H,82,104)(H,83,100)(H,84,103)(H,85,106)(H,86,101)(H,87,102)/t32?,33?,37?,38?,46-,47+,54+,57?,58+,59+,60-,61+,62-,63+,64+,65+,66-,67+,76-/m0/s1. The molecular weight excluding hydrogens is 1540 g/mol. The highest BCUT2D eigenvalue weighted by Gasteiger charge is 2.51. The maximum absolute atomic E-state index is 16.2. The number of phenols is 3. The average molecular weight is 1620 g/mol. The van der Waals surface area contributed by atoms with E-state index in [1.165, 1.54) is 37.4 Å². The second-order valence-electron chi connectivity index (χ2n) is 30.1. The number of nitro benzene ring substituents is 1. The number of halogens is 2. The van der Waals surface area contributed by atoms with Crippen LogP contribution in [0, 0.1) is 39.7 Å². The Morgan fingerprint density at radius 2 is 1.25 bits per heavy atom. The van der Waals surface area contributed by atoms with E-state index in [9.17, 15) is 70.5 Å². The van der Waals surface area contributed by atoms with Gasteiger partial charge >= 0.3 is 6.09 Å². The molecule has 604 valence electrons. The summed E-state index contributed by atoms with van der Waals surface area (Å²) < 4.78 is 30.7. The van der Waals surface area contributed by atoms with Crippen molar-refractivity contribution in [3.63, 3.8) is 0 Å². The summed E-state index contributed by atoms with van der Waals surface area (Å²) in [6.07, 6.45) is -12.4. The normalized spacial score (nSPS) is 28.0. The average Bonchev–Trinajstić information content (AvgIpc) is 0.757. The SMILES string of the molecule is CC(C)C[C@H](C(=O)N[C@H]1C(=O)N[C@@H](CC(N)=O)C(=O)N[C@H]2C(=O)N[C@H]3C(=O)N[C@H](C(=O)N[C@H](C(=O)NC4C5CC6CC(C5)CC4C6)c4cc(O)cc(O)c4-c4cc3ccc4O)[C@H](O)c3ccc(c(Cl)c3)Oc3cc2cc(c3O[C@@H]2O[C@H](CO)[C@@H](O)[C@H](O)[C@H]2O)Oc2ccc(cc2Cl)[C@H]1O)N(C)C(=O)OCc1ccc([N+](=O)[O-])cc1. The topological polar surface area (TPSA) is 538 Å². The fraction of sp³-hybridized carbons (Fsp3) is 0.416. The number of aromatic hydroxyl groups is 3. The Morgan fingerprint density at radius 1 is 0.658 bits per heavy atom. The number of likely N-dealkylation sites (N-methyl/N-ethyl adjacent to an activating group) is 1. The molecule has 9 amide bonds. The van der Waals surface area contributed by atoms with Gasteiger partial charge in [0.15, 0.2) is 11.5 Å². The van der Waals surface area contributed by atoms with E-state index in [4.69, 9.17) is 52.6 Å². The number of nitrogens with zero attached hydrogens (tertiary/aromatic N) is 2.